The van der Waals surface area contributed by atoms with Crippen molar-refractivity contribution in [3.05, 3.63) is 59.9 Å². The van der Waals surface area contributed by atoms with Crippen molar-refractivity contribution in [2.75, 3.05) is 4.90 Å². The number of amides is 4. The molecule has 0 aromatic heterocycles. The predicted molar refractivity (Wildman–Crippen MR) is 90.2 cm³/mol. The molecule has 1 fully saturated rings. The van der Waals surface area contributed by atoms with Gasteiger partial charge in [-0.15, -0.1) is 0 Å². The number of nitrogens with one attached hydrogen (secondary N) is 1. The van der Waals surface area contributed by atoms with E-state index in [0.29, 0.717) is 5.69 Å². The summed E-state index contributed by atoms with van der Waals surface area (Å²) in [4.78, 5) is 41.5. The minimum atomic E-state index is -1.25. The number of aliphatic imine (C=N–C) groups is 1. The van der Waals surface area contributed by atoms with E-state index in [1.165, 1.54) is 18.3 Å². The Hall–Kier alpha value is -3.35. The molecule has 6 nitrogen and oxygen atoms in total. The Morgan fingerprint density at radius 2 is 1.84 bits per heavy atom. The van der Waals surface area contributed by atoms with Crippen LogP contribution >= 0.6 is 0 Å². The number of barbiturate groups is 1. The summed E-state index contributed by atoms with van der Waals surface area (Å²) in [5.74, 6) is -3.23. The lowest BCUT2D eigenvalue weighted by molar-refractivity contribution is -0.131. The smallest absolute Gasteiger partial charge is 0.276 e. The largest absolute Gasteiger partial charge is 0.335 e. The fourth-order valence-electron chi connectivity index (χ4n) is 2.43. The molecular weight excluding hydrogens is 325 g/mol. The van der Waals surface area contributed by atoms with Crippen molar-refractivity contribution in [3.63, 3.8) is 0 Å². The third-order valence-corrected chi connectivity index (χ3v) is 3.66. The van der Waals surface area contributed by atoms with E-state index in [4.69, 9.17) is 0 Å². The Labute approximate surface area is 143 Å². The lowest BCUT2D eigenvalue weighted by Crippen LogP contribution is -2.58. The number of benzene rings is 2. The molecule has 0 bridgehead atoms. The van der Waals surface area contributed by atoms with Crippen molar-refractivity contribution in [1.82, 2.24) is 5.32 Å². The van der Waals surface area contributed by atoms with E-state index >= 15 is 0 Å². The molecule has 2 aromatic rings. The van der Waals surface area contributed by atoms with Crippen molar-refractivity contribution in [2.45, 2.75) is 6.92 Å². The van der Waals surface area contributed by atoms with Gasteiger partial charge in [0.2, 0.25) is 5.91 Å². The van der Waals surface area contributed by atoms with Crippen LogP contribution in [0.3, 0.4) is 0 Å². The van der Waals surface area contributed by atoms with Gasteiger partial charge in [0.05, 0.1) is 11.4 Å². The number of hydrogen-bond acceptors (Lipinski definition) is 4. The Morgan fingerprint density at radius 1 is 1.12 bits per heavy atom. The molecule has 1 atom stereocenters. The van der Waals surface area contributed by atoms with E-state index in [9.17, 15) is 18.8 Å². The highest BCUT2D eigenvalue weighted by Gasteiger charge is 2.40. The molecule has 25 heavy (non-hydrogen) atoms. The Bertz CT molecular complexity index is 877. The number of nitrogens with zero attached hydrogens (tertiary/aromatic N) is 2. The van der Waals surface area contributed by atoms with E-state index in [1.54, 1.807) is 18.2 Å². The molecule has 1 unspecified atom stereocenters. The first-order valence-corrected chi connectivity index (χ1v) is 7.51. The average molecular weight is 339 g/mol. The number of aryl methyl sites for hydroxylation is 1. The zero-order valence-corrected chi connectivity index (χ0v) is 13.3. The third-order valence-electron chi connectivity index (χ3n) is 3.66. The number of carbonyl (C=O) groups is 3. The summed E-state index contributed by atoms with van der Waals surface area (Å²) in [5, 5.41) is 2.11. The van der Waals surface area contributed by atoms with Gasteiger partial charge in [-0.05, 0) is 48.9 Å². The van der Waals surface area contributed by atoms with Crippen LogP contribution in [-0.4, -0.2) is 24.1 Å². The van der Waals surface area contributed by atoms with E-state index < -0.39 is 29.6 Å². The second-order valence-corrected chi connectivity index (χ2v) is 5.54. The molecule has 1 heterocycles. The maximum absolute atomic E-state index is 13.0. The number of halogens is 1. The van der Waals surface area contributed by atoms with Gasteiger partial charge in [0.1, 0.15) is 5.82 Å². The second-order valence-electron chi connectivity index (χ2n) is 5.54. The van der Waals surface area contributed by atoms with Crippen LogP contribution in [0.2, 0.25) is 0 Å². The van der Waals surface area contributed by atoms with Gasteiger partial charge in [-0.2, -0.15) is 0 Å². The van der Waals surface area contributed by atoms with E-state index in [-0.39, 0.29) is 5.69 Å². The fourth-order valence-corrected chi connectivity index (χ4v) is 2.43. The van der Waals surface area contributed by atoms with Crippen LogP contribution in [0.1, 0.15) is 5.56 Å². The summed E-state index contributed by atoms with van der Waals surface area (Å²) in [6.07, 6.45) is 1.20. The molecule has 4 amide bonds. The van der Waals surface area contributed by atoms with E-state index in [2.05, 4.69) is 10.3 Å². The summed E-state index contributed by atoms with van der Waals surface area (Å²) < 4.78 is 13.0. The van der Waals surface area contributed by atoms with Crippen LogP contribution in [0.15, 0.2) is 53.5 Å². The monoisotopic (exact) mass is 339 g/mol. The van der Waals surface area contributed by atoms with E-state index in [1.807, 2.05) is 13.0 Å². The van der Waals surface area contributed by atoms with Gasteiger partial charge in [0.25, 0.3) is 5.91 Å². The molecule has 0 saturated carbocycles. The lowest BCUT2D eigenvalue weighted by Gasteiger charge is -2.28. The van der Waals surface area contributed by atoms with Gasteiger partial charge in [-0.3, -0.25) is 19.9 Å². The highest BCUT2D eigenvalue weighted by Crippen LogP contribution is 2.21. The maximum Gasteiger partial charge on any atom is 0.335 e. The Morgan fingerprint density at radius 3 is 2.52 bits per heavy atom. The van der Waals surface area contributed by atoms with Crippen LogP contribution < -0.4 is 10.2 Å². The summed E-state index contributed by atoms with van der Waals surface area (Å²) in [6, 6.07) is 11.2. The standard InChI is InChI=1S/C18H14FN3O3/c1-11-3-2-4-13(9-11)20-10-15-16(23)21-18(25)22(17(15)24)14-7-5-12(19)6-8-14/h2-10,15H,1H3,(H,21,23,25). The first-order valence-electron chi connectivity index (χ1n) is 7.51. The SMILES string of the molecule is Cc1cccc(N=CC2C(=O)NC(=O)N(c3ccc(F)cc3)C2=O)c1. The topological polar surface area (TPSA) is 78.8 Å². The van der Waals surface area contributed by atoms with Crippen LogP contribution in [0, 0.1) is 18.7 Å². The summed E-state index contributed by atoms with van der Waals surface area (Å²) >= 11 is 0. The van der Waals surface area contributed by atoms with Crippen molar-refractivity contribution < 1.29 is 18.8 Å². The van der Waals surface area contributed by atoms with Crippen LogP contribution in [0.5, 0.6) is 0 Å². The number of anilines is 1. The molecule has 1 saturated heterocycles. The molecule has 126 valence electrons. The van der Waals surface area contributed by atoms with E-state index in [0.717, 1.165) is 22.6 Å². The minimum absolute atomic E-state index is 0.172. The van der Waals surface area contributed by atoms with Crippen molar-refractivity contribution in [2.24, 2.45) is 10.9 Å². The molecule has 1 N–H and O–H groups in total. The molecule has 7 heteroatoms. The quantitative estimate of drug-likeness (QED) is 0.690. The maximum atomic E-state index is 13.0. The lowest BCUT2D eigenvalue weighted by atomic mass is 10.1. The summed E-state index contributed by atoms with van der Waals surface area (Å²) in [5.41, 5.74) is 1.74. The molecule has 0 spiro atoms. The normalized spacial score (nSPS) is 17.9. The summed E-state index contributed by atoms with van der Waals surface area (Å²) in [6.45, 7) is 1.90. The van der Waals surface area contributed by atoms with Crippen LogP contribution in [0.4, 0.5) is 20.6 Å². The molecule has 0 aliphatic carbocycles. The van der Waals surface area contributed by atoms with Gasteiger partial charge in [0.15, 0.2) is 5.92 Å². The van der Waals surface area contributed by atoms with Crippen molar-refractivity contribution >= 4 is 35.4 Å². The number of rotatable bonds is 3. The van der Waals surface area contributed by atoms with Crippen LogP contribution in [-0.2, 0) is 9.59 Å². The third kappa shape index (κ3) is 3.45. The van der Waals surface area contributed by atoms with Crippen LogP contribution in [0.25, 0.3) is 0 Å². The second kappa shape index (κ2) is 6.64. The first kappa shape index (κ1) is 16.5. The van der Waals surface area contributed by atoms with Crippen molar-refractivity contribution in [3.8, 4) is 0 Å². The summed E-state index contributed by atoms with van der Waals surface area (Å²) in [7, 11) is 0. The van der Waals surface area contributed by atoms with Gasteiger partial charge in [0, 0.05) is 6.21 Å². The molecule has 1 aliphatic heterocycles. The Kier molecular flexibility index (Phi) is 4.38. The first-order chi connectivity index (χ1) is 12.0. The predicted octanol–water partition coefficient (Wildman–Crippen LogP) is 2.74. The van der Waals surface area contributed by atoms with Gasteiger partial charge >= 0.3 is 6.03 Å². The van der Waals surface area contributed by atoms with Gasteiger partial charge < -0.3 is 0 Å². The minimum Gasteiger partial charge on any atom is -0.276 e. The molecule has 1 aliphatic rings. The van der Waals surface area contributed by atoms with Gasteiger partial charge in [-0.25, -0.2) is 14.1 Å². The number of imide groups is 2. The number of urea groups is 1. The average Bonchev–Trinajstić information content (AvgIpc) is 2.56. The molecule has 2 aromatic carbocycles. The fraction of sp³-hybridized carbons (Fsp3) is 0.111. The number of hydrogen-bond donors (Lipinski definition) is 1. The van der Waals surface area contributed by atoms with Crippen molar-refractivity contribution in [1.29, 1.82) is 0 Å². The molecule has 0 radical (unpaired) electrons. The zero-order chi connectivity index (χ0) is 18.0. The molecule has 3 rings (SSSR count). The molecular formula is C18H14FN3O3. The Balaban J connectivity index is 1.89. The highest BCUT2D eigenvalue weighted by molar-refractivity contribution is 6.32. The van der Waals surface area contributed by atoms with Gasteiger partial charge in [-0.1, -0.05) is 12.1 Å². The highest BCUT2D eigenvalue weighted by atomic mass is 19.1. The zero-order valence-electron chi connectivity index (χ0n) is 13.3. The number of carbonyl (C=O) groups excluding carboxylic acids is 3.